The van der Waals surface area contributed by atoms with Crippen molar-refractivity contribution in [2.75, 3.05) is 13.1 Å². The van der Waals surface area contributed by atoms with E-state index < -0.39 is 0 Å². The highest BCUT2D eigenvalue weighted by atomic mass is 16.2. The van der Waals surface area contributed by atoms with Crippen LogP contribution in [0.25, 0.3) is 0 Å². The van der Waals surface area contributed by atoms with E-state index in [1.165, 1.54) is 5.56 Å². The Morgan fingerprint density at radius 1 is 1.07 bits per heavy atom. The van der Waals surface area contributed by atoms with E-state index in [1.54, 1.807) is 6.20 Å². The number of piperidine rings is 1. The highest BCUT2D eigenvalue weighted by molar-refractivity contribution is 5.76. The van der Waals surface area contributed by atoms with E-state index >= 15 is 0 Å². The van der Waals surface area contributed by atoms with Crippen molar-refractivity contribution in [3.63, 3.8) is 0 Å². The highest BCUT2D eigenvalue weighted by Gasteiger charge is 2.27. The van der Waals surface area contributed by atoms with E-state index in [9.17, 15) is 4.79 Å². The van der Waals surface area contributed by atoms with E-state index in [4.69, 9.17) is 0 Å². The van der Waals surface area contributed by atoms with Gasteiger partial charge in [0.25, 0.3) is 0 Å². The molecule has 0 aliphatic carbocycles. The molecule has 1 unspecified atom stereocenters. The van der Waals surface area contributed by atoms with Gasteiger partial charge in [0.15, 0.2) is 0 Å². The molecule has 4 heterocycles. The van der Waals surface area contributed by atoms with Crippen LogP contribution < -0.4 is 0 Å². The topological polar surface area (TPSA) is 63.9 Å². The molecule has 144 valence electrons. The zero-order valence-corrected chi connectivity index (χ0v) is 15.9. The van der Waals surface area contributed by atoms with Crippen molar-refractivity contribution in [1.29, 1.82) is 0 Å². The average Bonchev–Trinajstić information content (AvgIpc) is 3.22. The van der Waals surface area contributed by atoms with Gasteiger partial charge in [-0.3, -0.25) is 14.8 Å². The van der Waals surface area contributed by atoms with Crippen LogP contribution in [-0.2, 0) is 17.8 Å². The summed E-state index contributed by atoms with van der Waals surface area (Å²) in [6, 6.07) is 7.99. The van der Waals surface area contributed by atoms with Crippen molar-refractivity contribution >= 4 is 5.91 Å². The second kappa shape index (κ2) is 8.78. The van der Waals surface area contributed by atoms with Gasteiger partial charge in [-0.1, -0.05) is 6.07 Å². The molecular formula is C22H25N5O. The Morgan fingerprint density at radius 2 is 1.96 bits per heavy atom. The zero-order chi connectivity index (χ0) is 19.2. The van der Waals surface area contributed by atoms with Crippen molar-refractivity contribution in [2.24, 2.45) is 0 Å². The molecule has 1 saturated heterocycles. The molecule has 0 aromatic carbocycles. The third kappa shape index (κ3) is 4.44. The molecule has 1 aliphatic rings. The van der Waals surface area contributed by atoms with E-state index in [0.29, 0.717) is 6.42 Å². The van der Waals surface area contributed by atoms with Crippen molar-refractivity contribution in [2.45, 2.75) is 38.1 Å². The smallest absolute Gasteiger partial charge is 0.222 e. The van der Waals surface area contributed by atoms with Crippen molar-refractivity contribution in [3.8, 4) is 0 Å². The number of aryl methyl sites for hydroxylation is 1. The predicted molar refractivity (Wildman–Crippen MR) is 107 cm³/mol. The van der Waals surface area contributed by atoms with Crippen LogP contribution in [0.2, 0.25) is 0 Å². The second-order valence-corrected chi connectivity index (χ2v) is 7.31. The Balaban J connectivity index is 1.39. The van der Waals surface area contributed by atoms with Crippen LogP contribution in [-0.4, -0.2) is 43.4 Å². The molecule has 0 saturated carbocycles. The summed E-state index contributed by atoms with van der Waals surface area (Å²) in [6.07, 6.45) is 14.5. The van der Waals surface area contributed by atoms with Crippen LogP contribution in [0.15, 0.2) is 61.4 Å². The molecule has 0 N–H and O–H groups in total. The number of likely N-dealkylation sites (tertiary alicyclic amines) is 1. The normalized spacial score (nSPS) is 16.9. The van der Waals surface area contributed by atoms with Gasteiger partial charge in [0.1, 0.15) is 5.82 Å². The van der Waals surface area contributed by atoms with E-state index in [0.717, 1.165) is 50.3 Å². The summed E-state index contributed by atoms with van der Waals surface area (Å²) in [5.74, 6) is 1.58. The molecule has 0 bridgehead atoms. The minimum absolute atomic E-state index is 0.223. The number of imidazole rings is 1. The van der Waals surface area contributed by atoms with Gasteiger partial charge in [0.05, 0.1) is 0 Å². The lowest BCUT2D eigenvalue weighted by atomic mass is 9.96. The molecule has 1 atom stereocenters. The zero-order valence-electron chi connectivity index (χ0n) is 15.9. The number of hydrogen-bond acceptors (Lipinski definition) is 4. The Morgan fingerprint density at radius 3 is 2.79 bits per heavy atom. The Bertz CT molecular complexity index is 894. The van der Waals surface area contributed by atoms with Gasteiger partial charge in [-0.25, -0.2) is 4.98 Å². The van der Waals surface area contributed by atoms with Crippen molar-refractivity contribution in [1.82, 2.24) is 24.4 Å². The van der Waals surface area contributed by atoms with E-state index in [2.05, 4.69) is 19.5 Å². The third-order valence-electron chi connectivity index (χ3n) is 5.34. The van der Waals surface area contributed by atoms with Crippen LogP contribution in [0.5, 0.6) is 0 Å². The molecule has 28 heavy (non-hydrogen) atoms. The van der Waals surface area contributed by atoms with E-state index in [1.807, 2.05) is 60.1 Å². The highest BCUT2D eigenvalue weighted by Crippen LogP contribution is 2.27. The number of carbonyl (C=O) groups excluding carboxylic acids is 1. The standard InChI is InChI=1S/C22H25N5O/c28-21(6-5-18-3-1-9-24-15-18)26-13-2-4-20(17-26)22-25-12-14-27(22)16-19-7-10-23-11-8-19/h1,3,7-12,14-15,20H,2,4-6,13,16-17H2. The van der Waals surface area contributed by atoms with Gasteiger partial charge in [0.2, 0.25) is 5.91 Å². The number of rotatable bonds is 6. The molecular weight excluding hydrogens is 350 g/mol. The minimum atomic E-state index is 0.223. The van der Waals surface area contributed by atoms with Gasteiger partial charge in [-0.2, -0.15) is 0 Å². The maximum absolute atomic E-state index is 12.7. The van der Waals surface area contributed by atoms with Gasteiger partial charge < -0.3 is 9.47 Å². The number of pyridine rings is 2. The summed E-state index contributed by atoms with van der Waals surface area (Å²) < 4.78 is 2.20. The van der Waals surface area contributed by atoms with Crippen LogP contribution in [0.1, 0.15) is 42.1 Å². The predicted octanol–water partition coefficient (Wildman–Crippen LogP) is 3.06. The first-order valence-electron chi connectivity index (χ1n) is 9.86. The fourth-order valence-electron chi connectivity index (χ4n) is 3.87. The molecule has 6 heteroatoms. The number of nitrogens with zero attached hydrogens (tertiary/aromatic N) is 5. The fraction of sp³-hybridized carbons (Fsp3) is 0.364. The SMILES string of the molecule is O=C(CCc1cccnc1)N1CCCC(c2nccn2Cc2ccncc2)C1. The maximum atomic E-state index is 12.7. The number of hydrogen-bond donors (Lipinski definition) is 0. The first-order valence-corrected chi connectivity index (χ1v) is 9.86. The average molecular weight is 375 g/mol. The maximum Gasteiger partial charge on any atom is 0.222 e. The monoisotopic (exact) mass is 375 g/mol. The van der Waals surface area contributed by atoms with Crippen molar-refractivity contribution in [3.05, 3.63) is 78.4 Å². The van der Waals surface area contributed by atoms with Crippen LogP contribution in [0, 0.1) is 0 Å². The summed E-state index contributed by atoms with van der Waals surface area (Å²) in [5, 5.41) is 0. The lowest BCUT2D eigenvalue weighted by molar-refractivity contribution is -0.132. The molecule has 3 aromatic rings. The summed E-state index contributed by atoms with van der Waals surface area (Å²) >= 11 is 0. The second-order valence-electron chi connectivity index (χ2n) is 7.31. The summed E-state index contributed by atoms with van der Waals surface area (Å²) in [6.45, 7) is 2.37. The van der Waals surface area contributed by atoms with Crippen LogP contribution in [0.3, 0.4) is 0 Å². The molecule has 1 fully saturated rings. The van der Waals surface area contributed by atoms with Crippen LogP contribution >= 0.6 is 0 Å². The fourth-order valence-corrected chi connectivity index (χ4v) is 3.87. The minimum Gasteiger partial charge on any atom is -0.342 e. The lowest BCUT2D eigenvalue weighted by Crippen LogP contribution is -2.39. The largest absolute Gasteiger partial charge is 0.342 e. The van der Waals surface area contributed by atoms with Gasteiger partial charge in [0, 0.05) is 69.2 Å². The third-order valence-corrected chi connectivity index (χ3v) is 5.34. The number of carbonyl (C=O) groups is 1. The molecule has 1 aliphatic heterocycles. The van der Waals surface area contributed by atoms with Gasteiger partial charge in [-0.15, -0.1) is 0 Å². The van der Waals surface area contributed by atoms with Crippen LogP contribution in [0.4, 0.5) is 0 Å². The van der Waals surface area contributed by atoms with Gasteiger partial charge in [-0.05, 0) is 48.6 Å². The summed E-state index contributed by atoms with van der Waals surface area (Å²) in [4.78, 5) is 27.6. The first-order chi connectivity index (χ1) is 13.8. The Hall–Kier alpha value is -3.02. The molecule has 0 radical (unpaired) electrons. The number of aromatic nitrogens is 4. The number of amides is 1. The van der Waals surface area contributed by atoms with Crippen molar-refractivity contribution < 1.29 is 4.79 Å². The quantitative estimate of drug-likeness (QED) is 0.664. The van der Waals surface area contributed by atoms with Gasteiger partial charge >= 0.3 is 0 Å². The molecule has 4 rings (SSSR count). The Labute approximate surface area is 165 Å². The summed E-state index contributed by atoms with van der Waals surface area (Å²) in [7, 11) is 0. The lowest BCUT2D eigenvalue weighted by Gasteiger charge is -2.33. The summed E-state index contributed by atoms with van der Waals surface area (Å²) in [5.41, 5.74) is 2.31. The molecule has 6 nitrogen and oxygen atoms in total. The molecule has 3 aromatic heterocycles. The molecule has 1 amide bonds. The Kier molecular flexibility index (Phi) is 5.75. The first kappa shape index (κ1) is 18.3. The van der Waals surface area contributed by atoms with E-state index in [-0.39, 0.29) is 11.8 Å². The molecule has 0 spiro atoms.